The van der Waals surface area contributed by atoms with Gasteiger partial charge in [0.05, 0.1) is 6.61 Å². The zero-order valence-corrected chi connectivity index (χ0v) is 16.0. The van der Waals surface area contributed by atoms with Crippen molar-refractivity contribution in [2.24, 2.45) is 4.99 Å². The number of aliphatic hydroxyl groups is 1. The number of aliphatic hydroxyl groups excluding tert-OH is 1. The van der Waals surface area contributed by atoms with Crippen molar-refractivity contribution in [3.63, 3.8) is 0 Å². The quantitative estimate of drug-likeness (QED) is 0.305. The summed E-state index contributed by atoms with van der Waals surface area (Å²) >= 11 is 0. The number of aliphatic imine (C=N–C) groups is 1. The fourth-order valence-corrected chi connectivity index (χ4v) is 3.34. The van der Waals surface area contributed by atoms with E-state index in [4.69, 9.17) is 5.11 Å². The average molecular weight is 337 g/mol. The number of allylic oxidation sites excluding steroid dienone is 2. The van der Waals surface area contributed by atoms with Crippen LogP contribution in [0, 0.1) is 0 Å². The Morgan fingerprint density at radius 1 is 0.958 bits per heavy atom. The van der Waals surface area contributed by atoms with Crippen molar-refractivity contribution in [1.29, 1.82) is 0 Å². The Balaban J connectivity index is 1.80. The summed E-state index contributed by atoms with van der Waals surface area (Å²) in [5.41, 5.74) is 0. The molecule has 3 heteroatoms. The van der Waals surface area contributed by atoms with E-state index in [9.17, 15) is 0 Å². The lowest BCUT2D eigenvalue weighted by Gasteiger charge is -2.21. The standard InChI is InChI=1S/C21H40N2O/c1-2-3-4-5-6-7-8-9-10-11-12-13-14-15-16-21-22-17-18-23(21)19-20-24/h4-5,17,21,24H,2-3,6-16,18-20H2,1H3/b5-4+. The van der Waals surface area contributed by atoms with E-state index in [0.717, 1.165) is 19.5 Å². The molecular formula is C21H40N2O. The predicted molar refractivity (Wildman–Crippen MR) is 106 cm³/mol. The van der Waals surface area contributed by atoms with Gasteiger partial charge < -0.3 is 5.11 Å². The first kappa shape index (κ1) is 21.4. The highest BCUT2D eigenvalue weighted by molar-refractivity contribution is 5.62. The number of unbranched alkanes of at least 4 members (excludes halogenated alkanes) is 10. The average Bonchev–Trinajstić information content (AvgIpc) is 3.03. The van der Waals surface area contributed by atoms with Crippen LogP contribution < -0.4 is 0 Å². The van der Waals surface area contributed by atoms with E-state index in [1.54, 1.807) is 0 Å². The molecule has 1 rings (SSSR count). The topological polar surface area (TPSA) is 35.8 Å². The minimum atomic E-state index is 0.245. The number of hydrogen-bond donors (Lipinski definition) is 1. The van der Waals surface area contributed by atoms with Crippen LogP contribution in [0.5, 0.6) is 0 Å². The van der Waals surface area contributed by atoms with Gasteiger partial charge in [-0.05, 0) is 32.1 Å². The molecule has 1 atom stereocenters. The van der Waals surface area contributed by atoms with Crippen molar-refractivity contribution >= 4 is 6.21 Å². The highest BCUT2D eigenvalue weighted by atomic mass is 16.3. The lowest BCUT2D eigenvalue weighted by Crippen LogP contribution is -2.32. The number of β-amino-alcohol motifs (C(OH)–C–C–N with tert-alkyl or cyclic N) is 1. The maximum absolute atomic E-state index is 9.04. The molecule has 0 saturated heterocycles. The second-order valence-corrected chi connectivity index (χ2v) is 7.05. The van der Waals surface area contributed by atoms with Crippen molar-refractivity contribution in [1.82, 2.24) is 4.90 Å². The van der Waals surface area contributed by atoms with Gasteiger partial charge in [-0.25, -0.2) is 0 Å². The van der Waals surface area contributed by atoms with Crippen molar-refractivity contribution in [2.45, 2.75) is 96.6 Å². The molecule has 24 heavy (non-hydrogen) atoms. The van der Waals surface area contributed by atoms with Crippen LogP contribution in [0.4, 0.5) is 0 Å². The lowest BCUT2D eigenvalue weighted by atomic mass is 10.0. The molecule has 0 radical (unpaired) electrons. The van der Waals surface area contributed by atoms with Gasteiger partial charge in [0, 0.05) is 19.3 Å². The van der Waals surface area contributed by atoms with Gasteiger partial charge in [0.1, 0.15) is 6.17 Å². The third-order valence-corrected chi connectivity index (χ3v) is 4.86. The van der Waals surface area contributed by atoms with E-state index in [0.29, 0.717) is 6.17 Å². The SMILES string of the molecule is CCC/C=C/CCCCCCCCCCCC1N=CCN1CCO. The first-order valence-electron chi connectivity index (χ1n) is 10.4. The maximum Gasteiger partial charge on any atom is 0.102 e. The van der Waals surface area contributed by atoms with Gasteiger partial charge in [-0.1, -0.05) is 70.4 Å². The van der Waals surface area contributed by atoms with E-state index in [1.165, 1.54) is 77.0 Å². The Kier molecular flexibility index (Phi) is 14.1. The van der Waals surface area contributed by atoms with Crippen LogP contribution >= 0.6 is 0 Å². The monoisotopic (exact) mass is 336 g/mol. The van der Waals surface area contributed by atoms with Crippen molar-refractivity contribution in [2.75, 3.05) is 19.7 Å². The largest absolute Gasteiger partial charge is 0.395 e. The van der Waals surface area contributed by atoms with Crippen LogP contribution in [0.15, 0.2) is 17.1 Å². The molecule has 1 aliphatic heterocycles. The molecule has 1 heterocycles. The van der Waals surface area contributed by atoms with E-state index in [1.807, 2.05) is 6.21 Å². The molecule has 1 aliphatic rings. The fourth-order valence-electron chi connectivity index (χ4n) is 3.34. The molecule has 0 aromatic rings. The van der Waals surface area contributed by atoms with Gasteiger partial charge in [-0.15, -0.1) is 0 Å². The molecule has 140 valence electrons. The van der Waals surface area contributed by atoms with E-state index in [2.05, 4.69) is 29.0 Å². The Labute approximate surface area is 150 Å². The lowest BCUT2D eigenvalue weighted by molar-refractivity contribution is 0.176. The Morgan fingerprint density at radius 2 is 1.58 bits per heavy atom. The third kappa shape index (κ3) is 11.0. The summed E-state index contributed by atoms with van der Waals surface area (Å²) in [5.74, 6) is 0. The van der Waals surface area contributed by atoms with Gasteiger partial charge in [0.15, 0.2) is 0 Å². The van der Waals surface area contributed by atoms with Crippen LogP contribution in [-0.4, -0.2) is 42.1 Å². The summed E-state index contributed by atoms with van der Waals surface area (Å²) in [6.07, 6.45) is 24.3. The molecule has 0 aromatic carbocycles. The molecule has 0 amide bonds. The second kappa shape index (κ2) is 15.8. The molecule has 3 nitrogen and oxygen atoms in total. The molecule has 1 N–H and O–H groups in total. The number of rotatable bonds is 16. The normalized spacial score (nSPS) is 18.2. The van der Waals surface area contributed by atoms with Gasteiger partial charge in [-0.3, -0.25) is 9.89 Å². The van der Waals surface area contributed by atoms with Gasteiger partial charge >= 0.3 is 0 Å². The molecular weight excluding hydrogens is 296 g/mol. The third-order valence-electron chi connectivity index (χ3n) is 4.86. The van der Waals surface area contributed by atoms with Gasteiger partial charge in [0.2, 0.25) is 0 Å². The van der Waals surface area contributed by atoms with Crippen molar-refractivity contribution < 1.29 is 5.11 Å². The van der Waals surface area contributed by atoms with Gasteiger partial charge in [0.25, 0.3) is 0 Å². The fraction of sp³-hybridized carbons (Fsp3) is 0.857. The first-order valence-corrected chi connectivity index (χ1v) is 10.4. The summed E-state index contributed by atoms with van der Waals surface area (Å²) in [7, 11) is 0. The summed E-state index contributed by atoms with van der Waals surface area (Å²) in [6, 6.07) is 0. The molecule has 0 aromatic heterocycles. The molecule has 0 saturated carbocycles. The molecule has 1 unspecified atom stereocenters. The van der Waals surface area contributed by atoms with E-state index < -0.39 is 0 Å². The summed E-state index contributed by atoms with van der Waals surface area (Å²) < 4.78 is 0. The van der Waals surface area contributed by atoms with Crippen LogP contribution in [0.1, 0.15) is 90.4 Å². The van der Waals surface area contributed by atoms with Crippen molar-refractivity contribution in [3.8, 4) is 0 Å². The molecule has 0 bridgehead atoms. The molecule has 0 fully saturated rings. The van der Waals surface area contributed by atoms with Crippen LogP contribution in [-0.2, 0) is 0 Å². The molecule has 0 aliphatic carbocycles. The molecule has 0 spiro atoms. The Bertz CT molecular complexity index is 328. The van der Waals surface area contributed by atoms with E-state index in [-0.39, 0.29) is 6.61 Å². The van der Waals surface area contributed by atoms with Crippen LogP contribution in [0.3, 0.4) is 0 Å². The van der Waals surface area contributed by atoms with E-state index >= 15 is 0 Å². The first-order chi connectivity index (χ1) is 11.9. The highest BCUT2D eigenvalue weighted by Gasteiger charge is 2.19. The number of nitrogens with zero attached hydrogens (tertiary/aromatic N) is 2. The Hall–Kier alpha value is -0.670. The van der Waals surface area contributed by atoms with Crippen LogP contribution in [0.25, 0.3) is 0 Å². The summed E-state index contributed by atoms with van der Waals surface area (Å²) in [4.78, 5) is 6.80. The Morgan fingerprint density at radius 3 is 2.25 bits per heavy atom. The summed E-state index contributed by atoms with van der Waals surface area (Å²) in [5, 5.41) is 9.04. The smallest absolute Gasteiger partial charge is 0.102 e. The number of hydrogen-bond acceptors (Lipinski definition) is 3. The minimum Gasteiger partial charge on any atom is -0.395 e. The maximum atomic E-state index is 9.04. The summed E-state index contributed by atoms with van der Waals surface area (Å²) in [6.45, 7) is 4.16. The zero-order chi connectivity index (χ0) is 17.3. The minimum absolute atomic E-state index is 0.245. The highest BCUT2D eigenvalue weighted by Crippen LogP contribution is 2.16. The predicted octanol–water partition coefficient (Wildman–Crippen LogP) is 5.34. The van der Waals surface area contributed by atoms with Crippen LogP contribution in [0.2, 0.25) is 0 Å². The van der Waals surface area contributed by atoms with Crippen molar-refractivity contribution in [3.05, 3.63) is 12.2 Å². The van der Waals surface area contributed by atoms with Gasteiger partial charge in [-0.2, -0.15) is 0 Å². The second-order valence-electron chi connectivity index (χ2n) is 7.05. The zero-order valence-electron chi connectivity index (χ0n) is 16.0.